The first kappa shape index (κ1) is 10.6. The molecular formula is C13H18FN. The predicted octanol–water partition coefficient (Wildman–Crippen LogP) is 2.96. The summed E-state index contributed by atoms with van der Waals surface area (Å²) in [4.78, 5) is 2.13. The Morgan fingerprint density at radius 2 is 1.87 bits per heavy atom. The Morgan fingerprint density at radius 3 is 2.33 bits per heavy atom. The Hall–Kier alpha value is -0.890. The van der Waals surface area contributed by atoms with Crippen LogP contribution in [0.4, 0.5) is 4.39 Å². The molecule has 2 rings (SSSR count). The highest BCUT2D eigenvalue weighted by Gasteiger charge is 2.25. The smallest absolute Gasteiger partial charge is 0.125 e. The van der Waals surface area contributed by atoms with Gasteiger partial charge < -0.3 is 0 Å². The van der Waals surface area contributed by atoms with E-state index in [2.05, 4.69) is 43.0 Å². The van der Waals surface area contributed by atoms with Crippen LogP contribution in [0, 0.1) is 0 Å². The molecule has 0 saturated carbocycles. The van der Waals surface area contributed by atoms with Crippen LogP contribution in [-0.4, -0.2) is 24.2 Å². The van der Waals surface area contributed by atoms with Crippen molar-refractivity contribution in [1.82, 2.24) is 4.90 Å². The molecule has 1 aromatic carbocycles. The van der Waals surface area contributed by atoms with Gasteiger partial charge in [0.2, 0.25) is 0 Å². The van der Waals surface area contributed by atoms with Gasteiger partial charge in [0.05, 0.1) is 0 Å². The molecule has 2 heteroatoms. The van der Waals surface area contributed by atoms with Crippen LogP contribution in [0.2, 0.25) is 0 Å². The van der Waals surface area contributed by atoms with Gasteiger partial charge in [0.15, 0.2) is 0 Å². The Morgan fingerprint density at radius 1 is 1.27 bits per heavy atom. The first-order valence-corrected chi connectivity index (χ1v) is 5.60. The highest BCUT2D eigenvalue weighted by atomic mass is 19.1. The maximum atomic E-state index is 12.6. The van der Waals surface area contributed by atoms with Gasteiger partial charge in [0.25, 0.3) is 0 Å². The van der Waals surface area contributed by atoms with Gasteiger partial charge >= 0.3 is 0 Å². The Bertz CT molecular complexity index is 312. The number of alkyl halides is 1. The average Bonchev–Trinajstić information content (AvgIpc) is 2.16. The summed E-state index contributed by atoms with van der Waals surface area (Å²) in [5.41, 5.74) is 2.65. The zero-order valence-corrected chi connectivity index (χ0v) is 9.41. The van der Waals surface area contributed by atoms with Crippen LogP contribution in [-0.2, 0) is 6.54 Å². The molecular weight excluding hydrogens is 189 g/mol. The molecule has 15 heavy (non-hydrogen) atoms. The number of likely N-dealkylation sites (tertiary alicyclic amines) is 1. The van der Waals surface area contributed by atoms with Crippen LogP contribution in [0.1, 0.15) is 30.9 Å². The van der Waals surface area contributed by atoms with E-state index in [-0.39, 0.29) is 0 Å². The topological polar surface area (TPSA) is 3.24 Å². The molecule has 1 aliphatic rings. The van der Waals surface area contributed by atoms with Gasteiger partial charge in [-0.1, -0.05) is 38.1 Å². The summed E-state index contributed by atoms with van der Waals surface area (Å²) in [6.45, 7) is 6.48. The molecule has 0 spiro atoms. The number of nitrogens with zero attached hydrogens (tertiary/aromatic N) is 1. The third kappa shape index (κ3) is 2.57. The van der Waals surface area contributed by atoms with E-state index in [0.29, 0.717) is 19.0 Å². The molecule has 1 nitrogen and oxygen atoms in total. The van der Waals surface area contributed by atoms with E-state index in [0.717, 1.165) is 6.54 Å². The van der Waals surface area contributed by atoms with Crippen LogP contribution >= 0.6 is 0 Å². The van der Waals surface area contributed by atoms with Crippen molar-refractivity contribution < 1.29 is 4.39 Å². The van der Waals surface area contributed by atoms with E-state index in [9.17, 15) is 4.39 Å². The fraction of sp³-hybridized carbons (Fsp3) is 0.538. The molecule has 0 aliphatic carbocycles. The van der Waals surface area contributed by atoms with Crippen LogP contribution in [0.3, 0.4) is 0 Å². The highest BCUT2D eigenvalue weighted by molar-refractivity contribution is 5.24. The lowest BCUT2D eigenvalue weighted by Gasteiger charge is -2.34. The Balaban J connectivity index is 1.92. The van der Waals surface area contributed by atoms with Crippen molar-refractivity contribution in [3.8, 4) is 0 Å². The Kier molecular flexibility index (Phi) is 3.06. The average molecular weight is 207 g/mol. The number of rotatable bonds is 3. The van der Waals surface area contributed by atoms with Crippen molar-refractivity contribution >= 4 is 0 Å². The first-order valence-electron chi connectivity index (χ1n) is 5.60. The van der Waals surface area contributed by atoms with Gasteiger partial charge in [-0.15, -0.1) is 0 Å². The summed E-state index contributed by atoms with van der Waals surface area (Å²) in [5.74, 6) is 0.582. The van der Waals surface area contributed by atoms with Gasteiger partial charge in [-0.25, -0.2) is 4.39 Å². The number of halogens is 1. The summed E-state index contributed by atoms with van der Waals surface area (Å²) >= 11 is 0. The van der Waals surface area contributed by atoms with Crippen LogP contribution < -0.4 is 0 Å². The van der Waals surface area contributed by atoms with Gasteiger partial charge in [0, 0.05) is 19.6 Å². The summed E-state index contributed by atoms with van der Waals surface area (Å²) in [7, 11) is 0. The molecule has 1 saturated heterocycles. The normalized spacial score (nSPS) is 18.1. The van der Waals surface area contributed by atoms with E-state index in [1.165, 1.54) is 11.1 Å². The zero-order chi connectivity index (χ0) is 10.8. The van der Waals surface area contributed by atoms with E-state index < -0.39 is 6.17 Å². The number of benzene rings is 1. The predicted molar refractivity (Wildman–Crippen MR) is 60.7 cm³/mol. The lowest BCUT2D eigenvalue weighted by Crippen LogP contribution is -2.47. The quantitative estimate of drug-likeness (QED) is 0.736. The lowest BCUT2D eigenvalue weighted by atomic mass is 10.0. The molecule has 0 atom stereocenters. The summed E-state index contributed by atoms with van der Waals surface area (Å²) in [6.07, 6.45) is -0.597. The standard InChI is InChI=1S/C13H18FN/c1-10(2)12-5-3-11(4-6-12)7-15-8-13(14)9-15/h3-6,10,13H,7-9H2,1-2H3. The molecule has 1 aliphatic heterocycles. The molecule has 0 unspecified atom stereocenters. The minimum Gasteiger partial charge on any atom is -0.293 e. The largest absolute Gasteiger partial charge is 0.293 e. The highest BCUT2D eigenvalue weighted by Crippen LogP contribution is 2.18. The van der Waals surface area contributed by atoms with Gasteiger partial charge in [-0.2, -0.15) is 0 Å². The third-order valence-corrected chi connectivity index (χ3v) is 2.97. The van der Waals surface area contributed by atoms with Gasteiger partial charge in [0.1, 0.15) is 6.17 Å². The molecule has 0 aromatic heterocycles. The summed E-state index contributed by atoms with van der Waals surface area (Å²) in [5, 5.41) is 0. The molecule has 0 amide bonds. The minimum absolute atomic E-state index is 0.582. The van der Waals surface area contributed by atoms with E-state index >= 15 is 0 Å². The molecule has 0 N–H and O–H groups in total. The van der Waals surface area contributed by atoms with E-state index in [1.807, 2.05) is 0 Å². The Labute approximate surface area is 90.9 Å². The second kappa shape index (κ2) is 4.31. The SMILES string of the molecule is CC(C)c1ccc(CN2CC(F)C2)cc1. The second-order valence-corrected chi connectivity index (χ2v) is 4.69. The molecule has 1 fully saturated rings. The maximum absolute atomic E-state index is 12.6. The fourth-order valence-electron chi connectivity index (χ4n) is 1.90. The van der Waals surface area contributed by atoms with Gasteiger partial charge in [-0.3, -0.25) is 4.90 Å². The minimum atomic E-state index is -0.597. The van der Waals surface area contributed by atoms with Crippen molar-refractivity contribution in [1.29, 1.82) is 0 Å². The fourth-order valence-corrected chi connectivity index (χ4v) is 1.90. The molecule has 1 heterocycles. The van der Waals surface area contributed by atoms with E-state index in [4.69, 9.17) is 0 Å². The molecule has 82 valence electrons. The second-order valence-electron chi connectivity index (χ2n) is 4.69. The number of hydrogen-bond donors (Lipinski definition) is 0. The molecule has 0 radical (unpaired) electrons. The number of hydrogen-bond acceptors (Lipinski definition) is 1. The zero-order valence-electron chi connectivity index (χ0n) is 9.41. The first-order chi connectivity index (χ1) is 7.15. The monoisotopic (exact) mass is 207 g/mol. The van der Waals surface area contributed by atoms with E-state index in [1.54, 1.807) is 0 Å². The third-order valence-electron chi connectivity index (χ3n) is 2.97. The summed E-state index contributed by atoms with van der Waals surface area (Å²) in [6, 6.07) is 8.65. The molecule has 0 bridgehead atoms. The van der Waals surface area contributed by atoms with Crippen molar-refractivity contribution in [2.75, 3.05) is 13.1 Å². The van der Waals surface area contributed by atoms with Crippen molar-refractivity contribution in [2.45, 2.75) is 32.5 Å². The lowest BCUT2D eigenvalue weighted by molar-refractivity contribution is 0.0591. The summed E-state index contributed by atoms with van der Waals surface area (Å²) < 4.78 is 12.6. The van der Waals surface area contributed by atoms with Gasteiger partial charge in [-0.05, 0) is 17.0 Å². The maximum Gasteiger partial charge on any atom is 0.125 e. The van der Waals surface area contributed by atoms with Crippen molar-refractivity contribution in [2.24, 2.45) is 0 Å². The van der Waals surface area contributed by atoms with Crippen molar-refractivity contribution in [3.05, 3.63) is 35.4 Å². The van der Waals surface area contributed by atoms with Crippen LogP contribution in [0.25, 0.3) is 0 Å². The van der Waals surface area contributed by atoms with Crippen LogP contribution in [0.15, 0.2) is 24.3 Å². The molecule has 1 aromatic rings. The van der Waals surface area contributed by atoms with Crippen LogP contribution in [0.5, 0.6) is 0 Å². The van der Waals surface area contributed by atoms with Crippen molar-refractivity contribution in [3.63, 3.8) is 0 Å².